The molecule has 0 N–H and O–H groups in total. The number of rotatable bonds is 7. The number of nitrogens with zero attached hydrogens (tertiary/aromatic N) is 3. The van der Waals surface area contributed by atoms with Crippen molar-refractivity contribution >= 4 is 6.71 Å². The van der Waals surface area contributed by atoms with Gasteiger partial charge in [0, 0.05) is 54.4 Å². The summed E-state index contributed by atoms with van der Waals surface area (Å²) < 4.78 is 0. The maximum absolute atomic E-state index is 3.79. The second-order valence-electron chi connectivity index (χ2n) is 43.1. The molecule has 95 heavy (non-hydrogen) atoms. The largest absolute Gasteiger partial charge is 0.295 e. The molecule has 26 unspecified atom stereocenters. The molecule has 4 aliphatic heterocycles. The summed E-state index contributed by atoms with van der Waals surface area (Å²) in [6.45, 7) is 1.03. The predicted octanol–water partition coefficient (Wildman–Crippen LogP) is 22.8. The van der Waals surface area contributed by atoms with Crippen LogP contribution in [0.4, 0.5) is 0 Å². The molecule has 4 heteroatoms. The van der Waals surface area contributed by atoms with Gasteiger partial charge in [0.25, 0.3) is 0 Å². The van der Waals surface area contributed by atoms with E-state index < -0.39 is 0 Å². The SMILES string of the molecule is C1CCC(C2CCC(N3C4CCC(C5CCC6CCCC7C8CCCC9CCCC(C98)C5C67)CC4B4C5CC(C6CCC7CCCC8C9CCCC%10CCCC(C%109)C6C78)CCC5N(C5CCC(C6CCCCC6)CC5)C5CC(N6C7CC8CC(C7)CC6C8)CC3C45)CC2)CC1. The Balaban J connectivity index is 0.666. The van der Waals surface area contributed by atoms with Crippen LogP contribution in [0.1, 0.15) is 340 Å². The van der Waals surface area contributed by atoms with Crippen LogP contribution < -0.4 is 0 Å². The fourth-order valence-corrected chi connectivity index (χ4v) is 38.9. The quantitative estimate of drug-likeness (QED) is 0.235. The topological polar surface area (TPSA) is 9.72 Å². The molecular weight excluding hydrogens is 1150 g/mol. The maximum Gasteiger partial charge on any atom is 0.156 e. The Morgan fingerprint density at radius 1 is 0.179 bits per heavy atom. The van der Waals surface area contributed by atoms with E-state index in [1.54, 1.807) is 327 Å². The standard InChI is InChI=1S/C91H144BN3/c1-3-13-56(14-4-1)58-29-37-66(38-30-58)94-81-43-35-64(71-41-33-62-21-9-25-75-73-23-7-17-60-19-11-27-77(85(60)73)89(71)87(62)75)50-79(81)92-80-51-65(72-42-34-63-22-10-26-76-74-24-8-18-61-20-12-28-78(86(61)74)90(72)88(63)76)36-44-82(80)95(67-39-31-59(32-40-67)57-15-5-2-6-16-57)84-53-70(52-83(94)91(84)92)93-68-46-54-45-55(48-68)49-69(93)47-54/h54-91H,1-53H2. The van der Waals surface area contributed by atoms with Gasteiger partial charge in [-0.15, -0.1) is 0 Å². The molecule has 0 aromatic rings. The minimum atomic E-state index is 0.862. The van der Waals surface area contributed by atoms with Gasteiger partial charge in [0.05, 0.1) is 0 Å². The molecule has 4 heterocycles. The van der Waals surface area contributed by atoms with Gasteiger partial charge in [-0.3, -0.25) is 14.7 Å². The first-order valence-corrected chi connectivity index (χ1v) is 46.4. The number of fused-ring (bicyclic) bond motifs is 8. The van der Waals surface area contributed by atoms with Crippen molar-refractivity contribution in [3.05, 3.63) is 0 Å². The van der Waals surface area contributed by atoms with Gasteiger partial charge in [0.15, 0.2) is 6.71 Å². The molecule has 0 aromatic carbocycles. The average molecular weight is 1290 g/mol. The fourth-order valence-electron chi connectivity index (χ4n) is 38.9. The van der Waals surface area contributed by atoms with Crippen molar-refractivity contribution in [2.24, 2.45) is 154 Å². The molecule has 4 bridgehead atoms. The molecule has 26 atom stereocenters. The number of hydrogen-bond acceptors (Lipinski definition) is 3. The zero-order chi connectivity index (χ0) is 61.7. The third-order valence-electron chi connectivity index (χ3n) is 40.7. The van der Waals surface area contributed by atoms with E-state index in [2.05, 4.69) is 14.7 Å². The molecule has 0 aromatic heterocycles. The van der Waals surface area contributed by atoms with Gasteiger partial charge in [-0.05, 0) is 358 Å². The van der Waals surface area contributed by atoms with Gasteiger partial charge >= 0.3 is 0 Å². The Morgan fingerprint density at radius 3 is 0.937 bits per heavy atom. The van der Waals surface area contributed by atoms with E-state index >= 15 is 0 Å². The summed E-state index contributed by atoms with van der Waals surface area (Å²) in [6.07, 6.45) is 85.7. The van der Waals surface area contributed by atoms with E-state index in [9.17, 15) is 0 Å². The van der Waals surface area contributed by atoms with Crippen molar-refractivity contribution in [1.29, 1.82) is 0 Å². The highest BCUT2D eigenvalue weighted by Crippen LogP contribution is 2.73. The number of piperidine rings is 2. The zero-order valence-corrected chi connectivity index (χ0v) is 61.3. The highest BCUT2D eigenvalue weighted by Gasteiger charge is 2.70. The normalized spacial score (nSPS) is 57.5. The summed E-state index contributed by atoms with van der Waals surface area (Å²) in [5.41, 5.74) is 0. The van der Waals surface area contributed by atoms with Gasteiger partial charge < -0.3 is 0 Å². The molecule has 0 spiro atoms. The van der Waals surface area contributed by atoms with Crippen LogP contribution in [0.15, 0.2) is 0 Å². The number of hydrogen-bond donors (Lipinski definition) is 0. The summed E-state index contributed by atoms with van der Waals surface area (Å²) in [4.78, 5) is 11.1. The molecule has 526 valence electrons. The van der Waals surface area contributed by atoms with E-state index in [4.69, 9.17) is 0 Å². The summed E-state index contributed by atoms with van der Waals surface area (Å²) in [5, 5.41) is 0. The van der Waals surface area contributed by atoms with E-state index in [1.165, 1.54) is 12.8 Å². The zero-order valence-electron chi connectivity index (χ0n) is 61.3. The minimum absolute atomic E-state index is 0.862. The highest BCUT2D eigenvalue weighted by atomic mass is 15.3. The van der Waals surface area contributed by atoms with Gasteiger partial charge in [-0.25, -0.2) is 0 Å². The van der Waals surface area contributed by atoms with Crippen molar-refractivity contribution in [3.63, 3.8) is 0 Å². The first kappa shape index (κ1) is 62.3. The van der Waals surface area contributed by atoms with E-state index in [0.717, 1.165) is 232 Å². The van der Waals surface area contributed by atoms with Crippen LogP contribution in [0, 0.1) is 154 Å². The Labute approximate surface area is 584 Å². The van der Waals surface area contributed by atoms with E-state index in [0.29, 0.717) is 0 Å². The minimum Gasteiger partial charge on any atom is -0.295 e. The first-order valence-electron chi connectivity index (χ1n) is 46.4. The Kier molecular flexibility index (Phi) is 16.6. The van der Waals surface area contributed by atoms with Gasteiger partial charge in [-0.2, -0.15) is 0 Å². The lowest BCUT2D eigenvalue weighted by Gasteiger charge is -2.72. The van der Waals surface area contributed by atoms with Crippen LogP contribution >= 0.6 is 0 Å². The molecular formula is C91H144BN3. The van der Waals surface area contributed by atoms with Crippen LogP contribution in [0.3, 0.4) is 0 Å². The Bertz CT molecular complexity index is 2490. The van der Waals surface area contributed by atoms with Crippen LogP contribution in [0.2, 0.25) is 17.5 Å². The van der Waals surface area contributed by atoms with Crippen molar-refractivity contribution in [2.75, 3.05) is 0 Å². The Hall–Kier alpha value is -0.0551. The van der Waals surface area contributed by atoms with Crippen LogP contribution in [-0.4, -0.2) is 75.8 Å². The van der Waals surface area contributed by atoms with Gasteiger partial charge in [-0.1, -0.05) is 154 Å². The monoisotopic (exact) mass is 1290 g/mol. The Morgan fingerprint density at radius 2 is 0.516 bits per heavy atom. The lowest BCUT2D eigenvalue weighted by molar-refractivity contribution is -0.168. The van der Waals surface area contributed by atoms with Crippen molar-refractivity contribution in [2.45, 2.75) is 412 Å². The second kappa shape index (κ2) is 25.3. The molecule has 4 saturated heterocycles. The third kappa shape index (κ3) is 10.1. The molecule has 23 aliphatic rings. The summed E-state index contributed by atoms with van der Waals surface area (Å²) in [6, 6.07) is 8.07. The molecule has 0 amide bonds. The highest BCUT2D eigenvalue weighted by molar-refractivity contribution is 6.65. The molecule has 19 saturated carbocycles. The summed E-state index contributed by atoms with van der Waals surface area (Å²) in [7, 11) is 0. The molecule has 0 radical (unpaired) electrons. The van der Waals surface area contributed by atoms with E-state index in [1.807, 2.05) is 0 Å². The van der Waals surface area contributed by atoms with Crippen LogP contribution in [0.25, 0.3) is 0 Å². The molecule has 19 aliphatic carbocycles. The third-order valence-corrected chi connectivity index (χ3v) is 40.7. The first-order chi connectivity index (χ1) is 47.1. The fraction of sp³-hybridized carbons (Fsp3) is 1.00. The van der Waals surface area contributed by atoms with Crippen molar-refractivity contribution < 1.29 is 0 Å². The van der Waals surface area contributed by atoms with Crippen molar-refractivity contribution in [1.82, 2.24) is 14.7 Å². The lowest BCUT2D eigenvalue weighted by Crippen LogP contribution is -2.76. The predicted molar refractivity (Wildman–Crippen MR) is 392 cm³/mol. The smallest absolute Gasteiger partial charge is 0.156 e. The van der Waals surface area contributed by atoms with Crippen LogP contribution in [0.5, 0.6) is 0 Å². The average Bonchev–Trinajstić information content (AvgIpc) is 0.723. The summed E-state index contributed by atoms with van der Waals surface area (Å²) in [5.74, 6) is 31.7. The molecule has 23 fully saturated rings. The van der Waals surface area contributed by atoms with Crippen LogP contribution in [-0.2, 0) is 0 Å². The summed E-state index contributed by atoms with van der Waals surface area (Å²) >= 11 is 0. The van der Waals surface area contributed by atoms with Gasteiger partial charge in [0.2, 0.25) is 0 Å². The molecule has 3 nitrogen and oxygen atoms in total. The lowest BCUT2D eigenvalue weighted by atomic mass is 9.18. The van der Waals surface area contributed by atoms with E-state index in [-0.39, 0.29) is 0 Å². The van der Waals surface area contributed by atoms with Crippen molar-refractivity contribution in [3.8, 4) is 0 Å². The second-order valence-corrected chi connectivity index (χ2v) is 43.1. The van der Waals surface area contributed by atoms with Gasteiger partial charge in [0.1, 0.15) is 0 Å². The maximum atomic E-state index is 3.79. The molecule has 23 rings (SSSR count).